The van der Waals surface area contributed by atoms with Crippen LogP contribution in [-0.2, 0) is 25.8 Å². The summed E-state index contributed by atoms with van der Waals surface area (Å²) in [5.74, 6) is -1.30. The number of carbonyl (C=O) groups excluding carboxylic acids is 1. The van der Waals surface area contributed by atoms with Gasteiger partial charge in [0.1, 0.15) is 5.75 Å². The van der Waals surface area contributed by atoms with Crippen molar-refractivity contribution >= 4 is 15.8 Å². The van der Waals surface area contributed by atoms with Gasteiger partial charge in [-0.25, -0.2) is 8.42 Å². The molecule has 116 valence electrons. The van der Waals surface area contributed by atoms with Gasteiger partial charge in [-0.15, -0.1) is 0 Å². The van der Waals surface area contributed by atoms with Crippen molar-refractivity contribution in [2.45, 2.75) is 37.5 Å². The van der Waals surface area contributed by atoms with Crippen LogP contribution in [0.1, 0.15) is 36.9 Å². The Kier molecular flexibility index (Phi) is 5.00. The Morgan fingerprint density at radius 1 is 1.38 bits per heavy atom. The minimum absolute atomic E-state index is 0.175. The Balaban J connectivity index is 2.25. The van der Waals surface area contributed by atoms with Crippen molar-refractivity contribution in [3.8, 4) is 0 Å². The minimum Gasteiger partial charge on any atom is -0.465 e. The summed E-state index contributed by atoms with van der Waals surface area (Å²) in [6, 6.07) is 7.05. The number of benzene rings is 1. The van der Waals surface area contributed by atoms with Gasteiger partial charge in [-0.2, -0.15) is 0 Å². The zero-order valence-corrected chi connectivity index (χ0v) is 12.9. The molecular weight excluding hydrogens is 290 g/mol. The summed E-state index contributed by atoms with van der Waals surface area (Å²) >= 11 is 0. The van der Waals surface area contributed by atoms with Gasteiger partial charge in [0, 0.05) is 6.04 Å². The van der Waals surface area contributed by atoms with E-state index < -0.39 is 32.9 Å². The van der Waals surface area contributed by atoms with Gasteiger partial charge in [-0.1, -0.05) is 24.3 Å². The first-order valence-corrected chi connectivity index (χ1v) is 8.88. The van der Waals surface area contributed by atoms with Crippen LogP contribution in [0.5, 0.6) is 0 Å². The summed E-state index contributed by atoms with van der Waals surface area (Å²) in [7, 11) is -3.62. The molecule has 5 nitrogen and oxygen atoms in total. The van der Waals surface area contributed by atoms with E-state index in [1.807, 2.05) is 24.3 Å². The maximum absolute atomic E-state index is 12.5. The number of esters is 1. The van der Waals surface area contributed by atoms with E-state index in [9.17, 15) is 13.2 Å². The van der Waals surface area contributed by atoms with Gasteiger partial charge in [-0.05, 0) is 37.3 Å². The van der Waals surface area contributed by atoms with Crippen LogP contribution in [0.25, 0.3) is 0 Å². The zero-order chi connectivity index (χ0) is 15.5. The molecule has 2 unspecified atom stereocenters. The molecule has 2 rings (SSSR count). The molecular formula is C15H21NO4S. The van der Waals surface area contributed by atoms with Gasteiger partial charge in [0.15, 0.2) is 9.84 Å². The third kappa shape index (κ3) is 3.63. The van der Waals surface area contributed by atoms with Crippen molar-refractivity contribution in [1.29, 1.82) is 0 Å². The average molecular weight is 311 g/mol. The standard InChI is InChI=1S/C15H21NO4S/c1-2-20-14(17)10-21(18,19)13-9-5-7-11-6-3-4-8-12(11)15(13)16/h3-4,6,8,13,15H,2,5,7,9-10,16H2,1H3. The van der Waals surface area contributed by atoms with Gasteiger partial charge < -0.3 is 10.5 Å². The predicted molar refractivity (Wildman–Crippen MR) is 80.5 cm³/mol. The van der Waals surface area contributed by atoms with Gasteiger partial charge in [0.2, 0.25) is 0 Å². The van der Waals surface area contributed by atoms with Crippen LogP contribution in [0, 0.1) is 0 Å². The second kappa shape index (κ2) is 6.58. The molecule has 0 aromatic heterocycles. The molecule has 1 aliphatic rings. The summed E-state index contributed by atoms with van der Waals surface area (Å²) in [6.45, 7) is 1.83. The van der Waals surface area contributed by atoms with E-state index in [0.29, 0.717) is 6.42 Å². The van der Waals surface area contributed by atoms with E-state index in [2.05, 4.69) is 0 Å². The molecule has 1 aromatic carbocycles. The molecule has 1 aromatic rings. The zero-order valence-electron chi connectivity index (χ0n) is 12.1. The van der Waals surface area contributed by atoms with E-state index >= 15 is 0 Å². The largest absolute Gasteiger partial charge is 0.465 e. The molecule has 0 aliphatic heterocycles. The summed E-state index contributed by atoms with van der Waals surface area (Å²) < 4.78 is 29.7. The Labute approximate surface area is 125 Å². The Bertz CT molecular complexity index is 612. The van der Waals surface area contributed by atoms with Crippen LogP contribution >= 0.6 is 0 Å². The third-order valence-electron chi connectivity index (χ3n) is 3.84. The highest BCUT2D eigenvalue weighted by atomic mass is 32.2. The van der Waals surface area contributed by atoms with Crippen LogP contribution in [0.3, 0.4) is 0 Å². The molecule has 0 spiro atoms. The van der Waals surface area contributed by atoms with Crippen LogP contribution in [-0.4, -0.2) is 32.0 Å². The molecule has 0 amide bonds. The maximum Gasteiger partial charge on any atom is 0.321 e. The Morgan fingerprint density at radius 3 is 2.81 bits per heavy atom. The first kappa shape index (κ1) is 16.0. The number of carbonyl (C=O) groups is 1. The van der Waals surface area contributed by atoms with E-state index in [-0.39, 0.29) is 6.61 Å². The lowest BCUT2D eigenvalue weighted by Crippen LogP contribution is -2.37. The summed E-state index contributed by atoms with van der Waals surface area (Å²) in [6.07, 6.45) is 2.03. The molecule has 0 radical (unpaired) electrons. The number of rotatable bonds is 4. The fourth-order valence-corrected chi connectivity index (χ4v) is 4.58. The lowest BCUT2D eigenvalue weighted by molar-refractivity contribution is -0.139. The van der Waals surface area contributed by atoms with Gasteiger partial charge in [-0.3, -0.25) is 4.79 Å². The number of hydrogen-bond acceptors (Lipinski definition) is 5. The summed E-state index contributed by atoms with van der Waals surface area (Å²) in [4.78, 5) is 11.5. The molecule has 0 saturated heterocycles. The Hall–Kier alpha value is -1.40. The predicted octanol–water partition coefficient (Wildman–Crippen LogP) is 1.37. The third-order valence-corrected chi connectivity index (χ3v) is 5.92. The normalized spacial score (nSPS) is 22.2. The molecule has 0 fully saturated rings. The van der Waals surface area contributed by atoms with Gasteiger partial charge >= 0.3 is 5.97 Å². The first-order valence-electron chi connectivity index (χ1n) is 7.16. The van der Waals surface area contributed by atoms with E-state index in [4.69, 9.17) is 10.5 Å². The molecule has 0 bridgehead atoms. The quantitative estimate of drug-likeness (QED) is 0.670. The van der Waals surface area contributed by atoms with Crippen molar-refractivity contribution in [1.82, 2.24) is 0 Å². The van der Waals surface area contributed by atoms with E-state index in [1.165, 1.54) is 0 Å². The number of nitrogens with two attached hydrogens (primary N) is 1. The maximum atomic E-state index is 12.5. The fraction of sp³-hybridized carbons (Fsp3) is 0.533. The lowest BCUT2D eigenvalue weighted by Gasteiger charge is -2.22. The summed E-state index contributed by atoms with van der Waals surface area (Å²) in [5, 5.41) is -0.731. The molecule has 6 heteroatoms. The van der Waals surface area contributed by atoms with Crippen molar-refractivity contribution in [2.24, 2.45) is 5.73 Å². The van der Waals surface area contributed by atoms with E-state index in [0.717, 1.165) is 24.0 Å². The number of hydrogen-bond donors (Lipinski definition) is 1. The van der Waals surface area contributed by atoms with Gasteiger partial charge in [0.05, 0.1) is 11.9 Å². The minimum atomic E-state index is -3.62. The second-order valence-corrected chi connectivity index (χ2v) is 7.49. The average Bonchev–Trinajstić information content (AvgIpc) is 2.59. The molecule has 2 atom stereocenters. The highest BCUT2D eigenvalue weighted by molar-refractivity contribution is 7.92. The molecule has 2 N–H and O–H groups in total. The topological polar surface area (TPSA) is 86.5 Å². The monoisotopic (exact) mass is 311 g/mol. The number of fused-ring (bicyclic) bond motifs is 1. The van der Waals surface area contributed by atoms with Crippen LogP contribution in [0.2, 0.25) is 0 Å². The number of ether oxygens (including phenoxy) is 1. The second-order valence-electron chi connectivity index (χ2n) is 5.27. The first-order chi connectivity index (χ1) is 9.95. The van der Waals surface area contributed by atoms with Crippen LogP contribution in [0.4, 0.5) is 0 Å². The molecule has 0 saturated carbocycles. The molecule has 0 heterocycles. The SMILES string of the molecule is CCOC(=O)CS(=O)(=O)C1CCCc2ccccc2C1N. The van der Waals surface area contributed by atoms with Crippen molar-refractivity contribution in [2.75, 3.05) is 12.4 Å². The van der Waals surface area contributed by atoms with E-state index in [1.54, 1.807) is 6.92 Å². The summed E-state index contributed by atoms with van der Waals surface area (Å²) in [5.41, 5.74) is 8.16. The molecule has 1 aliphatic carbocycles. The highest BCUT2D eigenvalue weighted by Crippen LogP contribution is 2.31. The van der Waals surface area contributed by atoms with Crippen LogP contribution in [0.15, 0.2) is 24.3 Å². The van der Waals surface area contributed by atoms with Crippen LogP contribution < -0.4 is 5.73 Å². The fourth-order valence-electron chi connectivity index (χ4n) is 2.84. The highest BCUT2D eigenvalue weighted by Gasteiger charge is 2.36. The number of sulfone groups is 1. The Morgan fingerprint density at radius 2 is 2.10 bits per heavy atom. The van der Waals surface area contributed by atoms with Crippen molar-refractivity contribution in [3.05, 3.63) is 35.4 Å². The lowest BCUT2D eigenvalue weighted by atomic mass is 10.00. The van der Waals surface area contributed by atoms with Crippen molar-refractivity contribution < 1.29 is 17.9 Å². The number of aryl methyl sites for hydroxylation is 1. The van der Waals surface area contributed by atoms with Gasteiger partial charge in [0.25, 0.3) is 0 Å². The smallest absolute Gasteiger partial charge is 0.321 e. The van der Waals surface area contributed by atoms with Crippen molar-refractivity contribution in [3.63, 3.8) is 0 Å². The molecule has 21 heavy (non-hydrogen) atoms.